The summed E-state index contributed by atoms with van der Waals surface area (Å²) in [5, 5.41) is 5.01. The Morgan fingerprint density at radius 2 is 1.83 bits per heavy atom. The molecular formula is C21H17ClN4O2S. The third kappa shape index (κ3) is 3.20. The number of aromatic nitrogens is 3. The molecule has 1 N–H and O–H groups in total. The smallest absolute Gasteiger partial charge is 0.280 e. The molecule has 146 valence electrons. The standard InChI is InChI=1S/C21H17ClN4O2S/c22-14-2-4-15(5-3-14)26-21(28)17-12-23-18-6-1-13(11-16(18)19(17)24-26)20(27)25-7-9-29-10-8-25/h1-6,11-12,24H,7-10H2. The van der Waals surface area contributed by atoms with Crippen molar-refractivity contribution in [3.63, 3.8) is 0 Å². The lowest BCUT2D eigenvalue weighted by atomic mass is 10.1. The van der Waals surface area contributed by atoms with Crippen molar-refractivity contribution in [3.8, 4) is 5.69 Å². The van der Waals surface area contributed by atoms with Crippen LogP contribution in [-0.4, -0.2) is 50.2 Å². The fraction of sp³-hybridized carbons (Fsp3) is 0.190. The van der Waals surface area contributed by atoms with Crippen LogP contribution in [0.4, 0.5) is 0 Å². The molecule has 1 fully saturated rings. The number of carbonyl (C=O) groups is 1. The average molecular weight is 425 g/mol. The molecule has 29 heavy (non-hydrogen) atoms. The Balaban J connectivity index is 1.65. The number of hydrogen-bond donors (Lipinski definition) is 1. The lowest BCUT2D eigenvalue weighted by molar-refractivity contribution is 0.0772. The zero-order chi connectivity index (χ0) is 20.0. The molecule has 2 aromatic carbocycles. The van der Waals surface area contributed by atoms with Crippen LogP contribution in [0.25, 0.3) is 27.5 Å². The van der Waals surface area contributed by atoms with Gasteiger partial charge in [0.15, 0.2) is 0 Å². The van der Waals surface area contributed by atoms with Crippen molar-refractivity contribution in [3.05, 3.63) is 69.6 Å². The maximum Gasteiger partial charge on any atom is 0.280 e. The van der Waals surface area contributed by atoms with Gasteiger partial charge in [-0.05, 0) is 42.5 Å². The molecule has 1 aliphatic rings. The van der Waals surface area contributed by atoms with Gasteiger partial charge in [-0.2, -0.15) is 11.8 Å². The van der Waals surface area contributed by atoms with Crippen LogP contribution in [0.5, 0.6) is 0 Å². The maximum atomic E-state index is 12.9. The van der Waals surface area contributed by atoms with Gasteiger partial charge < -0.3 is 4.90 Å². The third-order valence-electron chi connectivity index (χ3n) is 5.16. The quantitative estimate of drug-likeness (QED) is 0.532. The number of thioether (sulfide) groups is 1. The molecule has 1 saturated heterocycles. The molecule has 0 spiro atoms. The number of rotatable bonds is 2. The summed E-state index contributed by atoms with van der Waals surface area (Å²) < 4.78 is 1.47. The van der Waals surface area contributed by atoms with Crippen molar-refractivity contribution in [2.45, 2.75) is 0 Å². The Hall–Kier alpha value is -2.77. The predicted molar refractivity (Wildman–Crippen MR) is 117 cm³/mol. The van der Waals surface area contributed by atoms with Gasteiger partial charge in [0.1, 0.15) is 0 Å². The van der Waals surface area contributed by atoms with Gasteiger partial charge in [-0.25, -0.2) is 4.68 Å². The number of benzene rings is 2. The summed E-state index contributed by atoms with van der Waals surface area (Å²) in [6.45, 7) is 1.52. The van der Waals surface area contributed by atoms with Gasteiger partial charge in [-0.1, -0.05) is 11.6 Å². The molecule has 0 radical (unpaired) electrons. The van der Waals surface area contributed by atoms with Crippen LogP contribution in [0, 0.1) is 0 Å². The Kier molecular flexibility index (Phi) is 4.56. The number of pyridine rings is 1. The molecule has 1 aliphatic heterocycles. The van der Waals surface area contributed by atoms with E-state index in [9.17, 15) is 9.59 Å². The van der Waals surface area contributed by atoms with E-state index in [-0.39, 0.29) is 11.5 Å². The van der Waals surface area contributed by atoms with E-state index in [0.29, 0.717) is 27.2 Å². The number of hydrogen-bond acceptors (Lipinski definition) is 4. The number of nitrogens with one attached hydrogen (secondary N) is 1. The predicted octanol–water partition coefficient (Wildman–Crippen LogP) is 3.71. The van der Waals surface area contributed by atoms with Gasteiger partial charge in [0.25, 0.3) is 11.5 Å². The Morgan fingerprint density at radius 1 is 1.07 bits per heavy atom. The molecule has 1 amide bonds. The monoisotopic (exact) mass is 424 g/mol. The highest BCUT2D eigenvalue weighted by molar-refractivity contribution is 7.99. The van der Waals surface area contributed by atoms with Crippen LogP contribution in [0.2, 0.25) is 5.02 Å². The van der Waals surface area contributed by atoms with Crippen LogP contribution in [0.3, 0.4) is 0 Å². The normalized spacial score (nSPS) is 14.6. The van der Waals surface area contributed by atoms with E-state index in [1.807, 2.05) is 28.8 Å². The number of halogens is 1. The van der Waals surface area contributed by atoms with E-state index in [1.54, 1.807) is 36.5 Å². The van der Waals surface area contributed by atoms with Gasteiger partial charge in [-0.15, -0.1) is 0 Å². The summed E-state index contributed by atoms with van der Waals surface area (Å²) >= 11 is 7.83. The SMILES string of the molecule is O=C(c1ccc2ncc3c(=O)n(-c4ccc(Cl)cc4)[nH]c3c2c1)N1CCSCC1. The number of aromatic amines is 1. The maximum absolute atomic E-state index is 12.9. The molecule has 3 heterocycles. The van der Waals surface area contributed by atoms with E-state index in [4.69, 9.17) is 11.6 Å². The van der Waals surface area contributed by atoms with Crippen molar-refractivity contribution >= 4 is 51.1 Å². The summed E-state index contributed by atoms with van der Waals surface area (Å²) in [5.74, 6) is 1.94. The summed E-state index contributed by atoms with van der Waals surface area (Å²) in [6.07, 6.45) is 1.58. The molecule has 5 rings (SSSR count). The van der Waals surface area contributed by atoms with Crippen molar-refractivity contribution in [1.82, 2.24) is 19.7 Å². The van der Waals surface area contributed by atoms with E-state index in [2.05, 4.69) is 10.1 Å². The fourth-order valence-electron chi connectivity index (χ4n) is 3.61. The molecule has 2 aromatic heterocycles. The average Bonchev–Trinajstić information content (AvgIpc) is 3.11. The topological polar surface area (TPSA) is 71.0 Å². The molecule has 4 aromatic rings. The second-order valence-electron chi connectivity index (χ2n) is 6.91. The van der Waals surface area contributed by atoms with Gasteiger partial charge >= 0.3 is 0 Å². The van der Waals surface area contributed by atoms with Crippen molar-refractivity contribution in [2.75, 3.05) is 24.6 Å². The zero-order valence-electron chi connectivity index (χ0n) is 15.4. The molecule has 0 bridgehead atoms. The molecule has 6 nitrogen and oxygen atoms in total. The lowest BCUT2D eigenvalue weighted by Gasteiger charge is -2.26. The van der Waals surface area contributed by atoms with Gasteiger partial charge in [0.05, 0.1) is 22.1 Å². The number of carbonyl (C=O) groups excluding carboxylic acids is 1. The minimum Gasteiger partial charge on any atom is -0.337 e. The van der Waals surface area contributed by atoms with Crippen LogP contribution in [0.1, 0.15) is 10.4 Å². The minimum absolute atomic E-state index is 0.0173. The largest absolute Gasteiger partial charge is 0.337 e. The van der Waals surface area contributed by atoms with E-state index in [1.165, 1.54) is 4.68 Å². The van der Waals surface area contributed by atoms with Crippen LogP contribution in [0.15, 0.2) is 53.5 Å². The van der Waals surface area contributed by atoms with Crippen molar-refractivity contribution in [2.24, 2.45) is 0 Å². The van der Waals surface area contributed by atoms with Gasteiger partial charge in [0, 0.05) is 46.8 Å². The number of nitrogens with zero attached hydrogens (tertiary/aromatic N) is 3. The van der Waals surface area contributed by atoms with Crippen LogP contribution < -0.4 is 5.56 Å². The number of amides is 1. The van der Waals surface area contributed by atoms with Gasteiger partial charge in [-0.3, -0.25) is 19.7 Å². The number of H-pyrrole nitrogens is 1. The first-order chi connectivity index (χ1) is 14.1. The molecule has 8 heteroatoms. The van der Waals surface area contributed by atoms with Crippen molar-refractivity contribution < 1.29 is 4.79 Å². The summed E-state index contributed by atoms with van der Waals surface area (Å²) in [4.78, 5) is 32.1. The third-order valence-corrected chi connectivity index (χ3v) is 6.35. The Bertz CT molecular complexity index is 1290. The molecular weight excluding hydrogens is 408 g/mol. The van der Waals surface area contributed by atoms with E-state index in [0.717, 1.165) is 35.5 Å². The molecule has 0 atom stereocenters. The summed E-state index contributed by atoms with van der Waals surface area (Å²) in [6, 6.07) is 12.5. The highest BCUT2D eigenvalue weighted by atomic mass is 35.5. The van der Waals surface area contributed by atoms with Crippen molar-refractivity contribution in [1.29, 1.82) is 0 Å². The zero-order valence-corrected chi connectivity index (χ0v) is 17.0. The molecule has 0 unspecified atom stereocenters. The van der Waals surface area contributed by atoms with Crippen LogP contribution >= 0.6 is 23.4 Å². The lowest BCUT2D eigenvalue weighted by Crippen LogP contribution is -2.37. The molecule has 0 aliphatic carbocycles. The fourth-order valence-corrected chi connectivity index (χ4v) is 4.64. The van der Waals surface area contributed by atoms with E-state index >= 15 is 0 Å². The van der Waals surface area contributed by atoms with E-state index < -0.39 is 0 Å². The molecule has 0 saturated carbocycles. The first-order valence-corrected chi connectivity index (χ1v) is 10.8. The Labute approximate surface area is 175 Å². The minimum atomic E-state index is -0.193. The highest BCUT2D eigenvalue weighted by Gasteiger charge is 2.20. The summed E-state index contributed by atoms with van der Waals surface area (Å²) in [7, 11) is 0. The summed E-state index contributed by atoms with van der Waals surface area (Å²) in [5.41, 5.74) is 2.49. The number of fused-ring (bicyclic) bond motifs is 3. The van der Waals surface area contributed by atoms with Crippen LogP contribution in [-0.2, 0) is 0 Å². The first kappa shape index (κ1) is 18.3. The Morgan fingerprint density at radius 3 is 2.59 bits per heavy atom. The second-order valence-corrected chi connectivity index (χ2v) is 8.57. The second kappa shape index (κ2) is 7.24. The first-order valence-electron chi connectivity index (χ1n) is 9.28. The van der Waals surface area contributed by atoms with Gasteiger partial charge in [0.2, 0.25) is 0 Å². The highest BCUT2D eigenvalue weighted by Crippen LogP contribution is 2.24.